The zero-order valence-electron chi connectivity index (χ0n) is 5.72. The van der Waals surface area contributed by atoms with E-state index >= 15 is 0 Å². The Balaban J connectivity index is 3.47. The van der Waals surface area contributed by atoms with E-state index in [1.165, 1.54) is 0 Å². The Kier molecular flexibility index (Phi) is 1.95. The lowest BCUT2D eigenvalue weighted by atomic mass is 10.3. The fourth-order valence-electron chi connectivity index (χ4n) is 0.668. The minimum atomic E-state index is -4.49. The van der Waals surface area contributed by atoms with Crippen molar-refractivity contribution in [2.24, 2.45) is 0 Å². The van der Waals surface area contributed by atoms with Gasteiger partial charge in [0.1, 0.15) is 4.90 Å². The average molecular weight is 189 g/mol. The van der Waals surface area contributed by atoms with Gasteiger partial charge in [0.2, 0.25) is 0 Å². The highest BCUT2D eigenvalue weighted by Gasteiger charge is 2.17. The number of benzene rings is 1. The Labute approximate surface area is 68.6 Å². The smallest absolute Gasteiger partial charge is 0.298 e. The first kappa shape index (κ1) is 8.82. The summed E-state index contributed by atoms with van der Waals surface area (Å²) in [5.41, 5.74) is 0. The molecule has 0 fully saturated rings. The summed E-state index contributed by atoms with van der Waals surface area (Å²) in [6, 6.07) is 4.13. The number of phenols is 2. The molecule has 1 aromatic rings. The predicted octanol–water partition coefficient (Wildman–Crippen LogP) is 0.145. The molecule has 0 aliphatic rings. The third-order valence-corrected chi connectivity index (χ3v) is 2.08. The lowest BCUT2D eigenvalue weighted by Gasteiger charge is -2.00. The van der Waals surface area contributed by atoms with Crippen LogP contribution in [-0.4, -0.2) is 23.2 Å². The fraction of sp³-hybridized carbons (Fsp3) is 0. The highest BCUT2D eigenvalue weighted by molar-refractivity contribution is 7.86. The molecule has 0 spiro atoms. The molecule has 0 heterocycles. The van der Waals surface area contributed by atoms with Crippen molar-refractivity contribution in [1.82, 2.24) is 0 Å². The van der Waals surface area contributed by atoms with Crippen molar-refractivity contribution >= 4 is 10.1 Å². The molecule has 1 radical (unpaired) electrons. The Morgan fingerprint density at radius 3 is 2.33 bits per heavy atom. The van der Waals surface area contributed by atoms with Gasteiger partial charge in [0.05, 0.1) is 0 Å². The first-order chi connectivity index (χ1) is 5.43. The Morgan fingerprint density at radius 2 is 1.92 bits per heavy atom. The summed E-state index contributed by atoms with van der Waals surface area (Å²) in [5.74, 6) is -1.62. The maximum atomic E-state index is 10.5. The van der Waals surface area contributed by atoms with E-state index in [-0.39, 0.29) is 0 Å². The molecule has 0 saturated heterocycles. The highest BCUT2D eigenvalue weighted by Crippen LogP contribution is 2.30. The number of phenolic OH excluding ortho intramolecular Hbond substituents is 2. The molecule has 0 atom stereocenters. The molecule has 0 amide bonds. The predicted molar refractivity (Wildman–Crippen MR) is 38.4 cm³/mol. The molecule has 5 nitrogen and oxygen atoms in total. The van der Waals surface area contributed by atoms with Crippen LogP contribution in [0.3, 0.4) is 0 Å². The maximum Gasteiger partial charge on any atom is 0.298 e. The van der Waals surface area contributed by atoms with Crippen LogP contribution < -0.4 is 0 Å². The number of hydrogen-bond acceptors (Lipinski definition) is 4. The van der Waals surface area contributed by atoms with E-state index in [1.54, 1.807) is 0 Å². The molecule has 6 heteroatoms. The zero-order chi connectivity index (χ0) is 9.35. The van der Waals surface area contributed by atoms with Crippen molar-refractivity contribution in [3.8, 4) is 11.5 Å². The van der Waals surface area contributed by atoms with Crippen LogP contribution in [-0.2, 0) is 10.1 Å². The molecule has 0 bridgehead atoms. The van der Waals surface area contributed by atoms with Crippen LogP contribution >= 0.6 is 0 Å². The van der Waals surface area contributed by atoms with E-state index < -0.39 is 26.5 Å². The first-order valence-corrected chi connectivity index (χ1v) is 4.27. The summed E-state index contributed by atoms with van der Waals surface area (Å²) in [6.45, 7) is 0. The van der Waals surface area contributed by atoms with E-state index in [9.17, 15) is 8.42 Å². The molecular formula is C6H5O5S. The van der Waals surface area contributed by atoms with Crippen LogP contribution in [0, 0.1) is 6.07 Å². The maximum absolute atomic E-state index is 10.5. The molecule has 12 heavy (non-hydrogen) atoms. The summed E-state index contributed by atoms with van der Waals surface area (Å²) in [5, 5.41) is 17.7. The van der Waals surface area contributed by atoms with Crippen molar-refractivity contribution in [3.63, 3.8) is 0 Å². The average Bonchev–Trinajstić information content (AvgIpc) is 1.92. The molecule has 0 saturated carbocycles. The number of rotatable bonds is 1. The molecule has 0 aromatic heterocycles. The van der Waals surface area contributed by atoms with Gasteiger partial charge in [0.25, 0.3) is 10.1 Å². The fourth-order valence-corrected chi connectivity index (χ4v) is 1.25. The van der Waals surface area contributed by atoms with E-state index in [0.717, 1.165) is 12.1 Å². The van der Waals surface area contributed by atoms with Crippen LogP contribution in [0.25, 0.3) is 0 Å². The third-order valence-electron chi connectivity index (χ3n) is 1.19. The van der Waals surface area contributed by atoms with E-state index in [2.05, 4.69) is 6.07 Å². The van der Waals surface area contributed by atoms with Crippen LogP contribution in [0.15, 0.2) is 17.0 Å². The molecule has 1 rings (SSSR count). The minimum absolute atomic E-state index is 0.717. The van der Waals surface area contributed by atoms with Crippen molar-refractivity contribution in [1.29, 1.82) is 0 Å². The van der Waals surface area contributed by atoms with E-state index in [4.69, 9.17) is 14.8 Å². The zero-order valence-corrected chi connectivity index (χ0v) is 6.54. The van der Waals surface area contributed by atoms with Gasteiger partial charge in [0.15, 0.2) is 11.5 Å². The van der Waals surface area contributed by atoms with Crippen molar-refractivity contribution in [2.45, 2.75) is 4.90 Å². The van der Waals surface area contributed by atoms with E-state index in [1.807, 2.05) is 0 Å². The summed E-state index contributed by atoms with van der Waals surface area (Å²) < 4.78 is 29.4. The third kappa shape index (κ3) is 1.49. The second-order valence-corrected chi connectivity index (χ2v) is 3.40. The first-order valence-electron chi connectivity index (χ1n) is 2.83. The summed E-state index contributed by atoms with van der Waals surface area (Å²) in [6.07, 6.45) is 0. The lowest BCUT2D eigenvalue weighted by Crippen LogP contribution is -1.97. The second kappa shape index (κ2) is 2.65. The number of aromatic hydroxyl groups is 2. The van der Waals surface area contributed by atoms with Gasteiger partial charge in [-0.1, -0.05) is 0 Å². The van der Waals surface area contributed by atoms with Crippen molar-refractivity contribution in [3.05, 3.63) is 18.2 Å². The quantitative estimate of drug-likeness (QED) is 0.431. The normalized spacial score (nSPS) is 11.4. The monoisotopic (exact) mass is 189 g/mol. The van der Waals surface area contributed by atoms with E-state index in [0.29, 0.717) is 0 Å². The van der Waals surface area contributed by atoms with Crippen LogP contribution in [0.2, 0.25) is 0 Å². The summed E-state index contributed by atoms with van der Waals surface area (Å²) in [7, 11) is -4.49. The minimum Gasteiger partial charge on any atom is -0.504 e. The largest absolute Gasteiger partial charge is 0.504 e. The Hall–Kier alpha value is -1.27. The molecule has 3 N–H and O–H groups in total. The second-order valence-electron chi connectivity index (χ2n) is 2.01. The molecule has 0 unspecified atom stereocenters. The van der Waals surface area contributed by atoms with Gasteiger partial charge in [-0.2, -0.15) is 8.42 Å². The van der Waals surface area contributed by atoms with Gasteiger partial charge >= 0.3 is 0 Å². The molecule has 65 valence electrons. The van der Waals surface area contributed by atoms with Gasteiger partial charge in [-0.25, -0.2) is 0 Å². The highest BCUT2D eigenvalue weighted by atomic mass is 32.2. The van der Waals surface area contributed by atoms with Crippen LogP contribution in [0.4, 0.5) is 0 Å². The van der Waals surface area contributed by atoms with Crippen LogP contribution in [0.5, 0.6) is 11.5 Å². The van der Waals surface area contributed by atoms with Gasteiger partial charge in [-0.15, -0.1) is 0 Å². The van der Waals surface area contributed by atoms with Gasteiger partial charge < -0.3 is 10.2 Å². The standard InChI is InChI=1S/C6H5O5S/c7-4-2-1-3-5(6(4)8)12(9,10)11/h1,3,7-8H,(H,9,10,11). The molecule has 1 aromatic carbocycles. The topological polar surface area (TPSA) is 94.8 Å². The molecule has 0 aliphatic carbocycles. The van der Waals surface area contributed by atoms with Gasteiger partial charge in [-0.3, -0.25) is 4.55 Å². The summed E-state index contributed by atoms with van der Waals surface area (Å²) >= 11 is 0. The van der Waals surface area contributed by atoms with Crippen molar-refractivity contribution in [2.75, 3.05) is 0 Å². The number of hydrogen-bond donors (Lipinski definition) is 3. The van der Waals surface area contributed by atoms with Crippen LogP contribution in [0.1, 0.15) is 0 Å². The lowest BCUT2D eigenvalue weighted by molar-refractivity contribution is 0.388. The SMILES string of the molecule is O=S(=O)(O)c1cc[c]c(O)c1O. The Bertz CT molecular complexity index is 394. The van der Waals surface area contributed by atoms with Gasteiger partial charge in [0, 0.05) is 6.07 Å². The van der Waals surface area contributed by atoms with Crippen molar-refractivity contribution < 1.29 is 23.2 Å². The molecular weight excluding hydrogens is 184 g/mol. The molecule has 0 aliphatic heterocycles. The summed E-state index contributed by atoms with van der Waals surface area (Å²) in [4.78, 5) is -0.737. The van der Waals surface area contributed by atoms with Gasteiger partial charge in [-0.05, 0) is 12.1 Å². The Morgan fingerprint density at radius 1 is 1.33 bits per heavy atom.